The van der Waals surface area contributed by atoms with Crippen LogP contribution in [0.3, 0.4) is 0 Å². The highest BCUT2D eigenvalue weighted by atomic mass is 19.1. The first-order chi connectivity index (χ1) is 7.65. The second-order valence-corrected chi connectivity index (χ2v) is 3.51. The lowest BCUT2D eigenvalue weighted by Crippen LogP contribution is -2.19. The Morgan fingerprint density at radius 3 is 2.94 bits per heavy atom. The van der Waals surface area contributed by atoms with Crippen molar-refractivity contribution in [2.45, 2.75) is 20.3 Å². The van der Waals surface area contributed by atoms with Crippen molar-refractivity contribution in [1.82, 2.24) is 0 Å². The van der Waals surface area contributed by atoms with Crippen LogP contribution in [0.25, 0.3) is 0 Å². The summed E-state index contributed by atoms with van der Waals surface area (Å²) in [4.78, 5) is 11.4. The fourth-order valence-electron chi connectivity index (χ4n) is 1.24. The first kappa shape index (κ1) is 12.6. The fourth-order valence-corrected chi connectivity index (χ4v) is 1.24. The molecule has 1 amide bonds. The standard InChI is InChI=1S/C12H16FNO2/c1-3-7-16-8-12(15)14-11-6-4-5-10(13)9(11)2/h4-6H,3,7-8H2,1-2H3,(H,14,15). The number of carbonyl (C=O) groups is 1. The SMILES string of the molecule is CCCOCC(=O)Nc1cccc(F)c1C. The minimum absolute atomic E-state index is 0.00376. The Bertz CT molecular complexity index is 366. The minimum Gasteiger partial charge on any atom is -0.372 e. The van der Waals surface area contributed by atoms with E-state index in [-0.39, 0.29) is 18.3 Å². The summed E-state index contributed by atoms with van der Waals surface area (Å²) < 4.78 is 18.2. The van der Waals surface area contributed by atoms with Gasteiger partial charge in [-0.25, -0.2) is 4.39 Å². The molecule has 0 bridgehead atoms. The van der Waals surface area contributed by atoms with E-state index < -0.39 is 0 Å². The van der Waals surface area contributed by atoms with Gasteiger partial charge in [-0.2, -0.15) is 0 Å². The number of carbonyl (C=O) groups excluding carboxylic acids is 1. The molecule has 1 N–H and O–H groups in total. The molecule has 0 unspecified atom stereocenters. The highest BCUT2D eigenvalue weighted by Gasteiger charge is 2.07. The lowest BCUT2D eigenvalue weighted by Gasteiger charge is -2.08. The van der Waals surface area contributed by atoms with Crippen LogP contribution in [0.1, 0.15) is 18.9 Å². The summed E-state index contributed by atoms with van der Waals surface area (Å²) in [5.41, 5.74) is 0.927. The summed E-state index contributed by atoms with van der Waals surface area (Å²) >= 11 is 0. The smallest absolute Gasteiger partial charge is 0.250 e. The van der Waals surface area contributed by atoms with Gasteiger partial charge in [0.15, 0.2) is 0 Å². The van der Waals surface area contributed by atoms with Gasteiger partial charge in [-0.05, 0) is 25.5 Å². The molecule has 0 heterocycles. The second-order valence-electron chi connectivity index (χ2n) is 3.51. The van der Waals surface area contributed by atoms with Gasteiger partial charge in [0.2, 0.25) is 5.91 Å². The molecule has 0 aliphatic carbocycles. The number of ether oxygens (including phenoxy) is 1. The Hall–Kier alpha value is -1.42. The van der Waals surface area contributed by atoms with Crippen molar-refractivity contribution < 1.29 is 13.9 Å². The Morgan fingerprint density at radius 2 is 2.25 bits per heavy atom. The van der Waals surface area contributed by atoms with Crippen molar-refractivity contribution in [2.24, 2.45) is 0 Å². The van der Waals surface area contributed by atoms with Crippen molar-refractivity contribution in [2.75, 3.05) is 18.5 Å². The molecule has 4 heteroatoms. The van der Waals surface area contributed by atoms with Gasteiger partial charge >= 0.3 is 0 Å². The molecule has 0 atom stereocenters. The minimum atomic E-state index is -0.327. The van der Waals surface area contributed by atoms with E-state index >= 15 is 0 Å². The maximum absolute atomic E-state index is 13.2. The zero-order valence-corrected chi connectivity index (χ0v) is 9.55. The summed E-state index contributed by atoms with van der Waals surface area (Å²) in [7, 11) is 0. The van der Waals surface area contributed by atoms with Gasteiger partial charge in [-0.3, -0.25) is 4.79 Å². The van der Waals surface area contributed by atoms with E-state index in [1.165, 1.54) is 6.07 Å². The lowest BCUT2D eigenvalue weighted by molar-refractivity contribution is -0.120. The van der Waals surface area contributed by atoms with Crippen LogP contribution in [0.4, 0.5) is 10.1 Å². The van der Waals surface area contributed by atoms with E-state index in [2.05, 4.69) is 5.32 Å². The van der Waals surface area contributed by atoms with Crippen LogP contribution >= 0.6 is 0 Å². The average molecular weight is 225 g/mol. The van der Waals surface area contributed by atoms with Crippen LogP contribution in [0.2, 0.25) is 0 Å². The molecular weight excluding hydrogens is 209 g/mol. The predicted molar refractivity (Wildman–Crippen MR) is 60.9 cm³/mol. The number of amides is 1. The Balaban J connectivity index is 2.53. The topological polar surface area (TPSA) is 38.3 Å². The molecule has 0 aliphatic rings. The summed E-state index contributed by atoms with van der Waals surface area (Å²) in [6.45, 7) is 4.14. The summed E-state index contributed by atoms with van der Waals surface area (Å²) in [6.07, 6.45) is 0.867. The number of benzene rings is 1. The average Bonchev–Trinajstić information content (AvgIpc) is 2.25. The third-order valence-corrected chi connectivity index (χ3v) is 2.12. The normalized spacial score (nSPS) is 10.2. The van der Waals surface area contributed by atoms with Crippen LogP contribution in [0.15, 0.2) is 18.2 Å². The molecule has 88 valence electrons. The van der Waals surface area contributed by atoms with Gasteiger partial charge < -0.3 is 10.1 Å². The maximum atomic E-state index is 13.2. The zero-order valence-electron chi connectivity index (χ0n) is 9.55. The van der Waals surface area contributed by atoms with Crippen molar-refractivity contribution in [3.05, 3.63) is 29.6 Å². The third-order valence-electron chi connectivity index (χ3n) is 2.12. The van der Waals surface area contributed by atoms with Crippen molar-refractivity contribution in [3.63, 3.8) is 0 Å². The molecule has 3 nitrogen and oxygen atoms in total. The molecule has 0 saturated carbocycles. The summed E-state index contributed by atoms with van der Waals surface area (Å²) in [5.74, 6) is -0.588. The van der Waals surface area contributed by atoms with E-state index in [1.54, 1.807) is 19.1 Å². The molecule has 0 spiro atoms. The van der Waals surface area contributed by atoms with Crippen LogP contribution in [0.5, 0.6) is 0 Å². The zero-order chi connectivity index (χ0) is 12.0. The Labute approximate surface area is 94.6 Å². The molecule has 1 rings (SSSR count). The first-order valence-electron chi connectivity index (χ1n) is 5.28. The van der Waals surface area contributed by atoms with E-state index in [1.807, 2.05) is 6.92 Å². The number of hydrogen-bond acceptors (Lipinski definition) is 2. The van der Waals surface area contributed by atoms with Crippen LogP contribution in [0, 0.1) is 12.7 Å². The molecule has 0 aromatic heterocycles. The van der Waals surface area contributed by atoms with Crippen LogP contribution < -0.4 is 5.32 Å². The van der Waals surface area contributed by atoms with Gasteiger partial charge in [-0.1, -0.05) is 13.0 Å². The van der Waals surface area contributed by atoms with E-state index in [0.717, 1.165) is 6.42 Å². The van der Waals surface area contributed by atoms with Gasteiger partial charge in [0.25, 0.3) is 0 Å². The van der Waals surface area contributed by atoms with Crippen molar-refractivity contribution in [3.8, 4) is 0 Å². The van der Waals surface area contributed by atoms with Crippen molar-refractivity contribution in [1.29, 1.82) is 0 Å². The Morgan fingerprint density at radius 1 is 1.50 bits per heavy atom. The number of rotatable bonds is 5. The van der Waals surface area contributed by atoms with Gasteiger partial charge in [0.05, 0.1) is 0 Å². The second kappa shape index (κ2) is 6.23. The van der Waals surface area contributed by atoms with E-state index in [4.69, 9.17) is 4.74 Å². The molecular formula is C12H16FNO2. The number of halogens is 1. The molecule has 1 aromatic rings. The highest BCUT2D eigenvalue weighted by molar-refractivity contribution is 5.92. The maximum Gasteiger partial charge on any atom is 0.250 e. The quantitative estimate of drug-likeness (QED) is 0.782. The lowest BCUT2D eigenvalue weighted by atomic mass is 10.2. The van der Waals surface area contributed by atoms with Crippen LogP contribution in [-0.4, -0.2) is 19.1 Å². The van der Waals surface area contributed by atoms with Gasteiger partial charge in [-0.15, -0.1) is 0 Å². The first-order valence-corrected chi connectivity index (χ1v) is 5.28. The molecule has 16 heavy (non-hydrogen) atoms. The largest absolute Gasteiger partial charge is 0.372 e. The van der Waals surface area contributed by atoms with E-state index in [9.17, 15) is 9.18 Å². The van der Waals surface area contributed by atoms with E-state index in [0.29, 0.717) is 17.9 Å². The highest BCUT2D eigenvalue weighted by Crippen LogP contribution is 2.17. The summed E-state index contributed by atoms with van der Waals surface area (Å²) in [5, 5.41) is 2.61. The Kier molecular flexibility index (Phi) is 4.92. The number of anilines is 1. The molecule has 0 radical (unpaired) electrons. The molecule has 0 aliphatic heterocycles. The van der Waals surface area contributed by atoms with Crippen LogP contribution in [-0.2, 0) is 9.53 Å². The van der Waals surface area contributed by atoms with Gasteiger partial charge in [0, 0.05) is 17.9 Å². The van der Waals surface area contributed by atoms with Crippen molar-refractivity contribution >= 4 is 11.6 Å². The monoisotopic (exact) mass is 225 g/mol. The fraction of sp³-hybridized carbons (Fsp3) is 0.417. The third kappa shape index (κ3) is 3.62. The predicted octanol–water partition coefficient (Wildman–Crippen LogP) is 2.50. The summed E-state index contributed by atoms with van der Waals surface area (Å²) in [6, 6.07) is 4.58. The molecule has 0 saturated heterocycles. The number of hydrogen-bond donors (Lipinski definition) is 1. The molecule has 0 fully saturated rings. The number of nitrogens with one attached hydrogen (secondary N) is 1. The van der Waals surface area contributed by atoms with Gasteiger partial charge in [0.1, 0.15) is 12.4 Å². The molecule has 1 aromatic carbocycles.